The molecule has 4 heteroatoms. The molecule has 0 aromatic carbocycles. The van der Waals surface area contributed by atoms with E-state index < -0.39 is 0 Å². The summed E-state index contributed by atoms with van der Waals surface area (Å²) in [6.45, 7) is 0.660. The molecule has 1 heterocycles. The van der Waals surface area contributed by atoms with E-state index in [-0.39, 0.29) is 0 Å². The van der Waals surface area contributed by atoms with E-state index in [1.807, 2.05) is 6.07 Å². The lowest BCUT2D eigenvalue weighted by Gasteiger charge is -2.10. The number of rotatable bonds is 3. The van der Waals surface area contributed by atoms with Gasteiger partial charge < -0.3 is 4.74 Å². The quantitative estimate of drug-likeness (QED) is 0.753. The predicted octanol–water partition coefficient (Wildman–Crippen LogP) is 1.92. The minimum Gasteiger partial charge on any atom is -0.475 e. The highest BCUT2D eigenvalue weighted by atomic mass is 16.5. The lowest BCUT2D eigenvalue weighted by Crippen LogP contribution is -2.10. The van der Waals surface area contributed by atoms with E-state index in [1.54, 1.807) is 6.07 Å². The van der Waals surface area contributed by atoms with Gasteiger partial charge in [-0.15, -0.1) is 5.10 Å². The normalized spacial score (nSPS) is 16.2. The summed E-state index contributed by atoms with van der Waals surface area (Å²) in [5, 5.41) is 16.3. The third-order valence-corrected chi connectivity index (χ3v) is 2.74. The van der Waals surface area contributed by atoms with Crippen LogP contribution in [-0.2, 0) is 0 Å². The van der Waals surface area contributed by atoms with Crippen molar-refractivity contribution in [1.29, 1.82) is 5.26 Å². The molecular weight excluding hydrogens is 190 g/mol. The lowest BCUT2D eigenvalue weighted by molar-refractivity contribution is 0.240. The van der Waals surface area contributed by atoms with Gasteiger partial charge in [0.1, 0.15) is 11.6 Å². The molecule has 1 fully saturated rings. The number of hydrogen-bond donors (Lipinski definition) is 0. The summed E-state index contributed by atoms with van der Waals surface area (Å²) < 4.78 is 5.52. The van der Waals surface area contributed by atoms with Gasteiger partial charge in [0.05, 0.1) is 12.8 Å². The maximum absolute atomic E-state index is 8.81. The fraction of sp³-hybridized carbons (Fsp3) is 0.545. The molecule has 0 amide bonds. The fourth-order valence-corrected chi connectivity index (χ4v) is 1.88. The van der Waals surface area contributed by atoms with Crippen molar-refractivity contribution in [3.8, 4) is 11.9 Å². The first-order chi connectivity index (χ1) is 7.40. The number of nitriles is 1. The Balaban J connectivity index is 1.95. The van der Waals surface area contributed by atoms with Crippen LogP contribution in [0, 0.1) is 17.2 Å². The molecule has 1 aromatic heterocycles. The van der Waals surface area contributed by atoms with Gasteiger partial charge in [0.25, 0.3) is 5.88 Å². The number of hydrogen-bond acceptors (Lipinski definition) is 4. The van der Waals surface area contributed by atoms with Crippen LogP contribution in [0.1, 0.15) is 31.2 Å². The summed E-state index contributed by atoms with van der Waals surface area (Å²) in [4.78, 5) is 0. The van der Waals surface area contributed by atoms with E-state index in [0.717, 1.165) is 0 Å². The summed E-state index contributed by atoms with van der Waals surface area (Å²) in [6, 6.07) is 3.67. The first-order valence-electron chi connectivity index (χ1n) is 5.24. The van der Waals surface area contributed by atoms with Gasteiger partial charge in [-0.1, -0.05) is 12.8 Å². The zero-order chi connectivity index (χ0) is 10.5. The minimum atomic E-state index is 0.367. The Hall–Kier alpha value is -1.63. The van der Waals surface area contributed by atoms with Crippen LogP contribution < -0.4 is 4.74 Å². The Labute approximate surface area is 88.9 Å². The van der Waals surface area contributed by atoms with Crippen molar-refractivity contribution in [2.75, 3.05) is 6.61 Å². The van der Waals surface area contributed by atoms with E-state index >= 15 is 0 Å². The lowest BCUT2D eigenvalue weighted by atomic mass is 10.1. The molecule has 0 unspecified atom stereocenters. The van der Waals surface area contributed by atoms with Gasteiger partial charge in [-0.2, -0.15) is 10.4 Å². The van der Waals surface area contributed by atoms with Crippen molar-refractivity contribution in [3.63, 3.8) is 0 Å². The molecule has 1 aromatic rings. The van der Waals surface area contributed by atoms with Crippen LogP contribution in [0.15, 0.2) is 12.3 Å². The first kappa shape index (κ1) is 9.91. The van der Waals surface area contributed by atoms with Gasteiger partial charge in [-0.05, 0) is 24.8 Å². The van der Waals surface area contributed by atoms with Crippen LogP contribution in [0.2, 0.25) is 0 Å². The topological polar surface area (TPSA) is 58.8 Å². The molecule has 4 nitrogen and oxygen atoms in total. The van der Waals surface area contributed by atoms with E-state index in [9.17, 15) is 0 Å². The average Bonchev–Trinajstić information content (AvgIpc) is 2.79. The largest absolute Gasteiger partial charge is 0.475 e. The van der Waals surface area contributed by atoms with Gasteiger partial charge in [0, 0.05) is 0 Å². The van der Waals surface area contributed by atoms with Gasteiger partial charge in [0.2, 0.25) is 0 Å². The Morgan fingerprint density at radius 3 is 3.00 bits per heavy atom. The molecule has 0 radical (unpaired) electrons. The summed E-state index contributed by atoms with van der Waals surface area (Å²) >= 11 is 0. The average molecular weight is 203 g/mol. The van der Waals surface area contributed by atoms with Crippen LogP contribution >= 0.6 is 0 Å². The van der Waals surface area contributed by atoms with Crippen molar-refractivity contribution in [3.05, 3.63) is 17.8 Å². The fourth-order valence-electron chi connectivity index (χ4n) is 1.88. The van der Waals surface area contributed by atoms with Gasteiger partial charge >= 0.3 is 0 Å². The zero-order valence-corrected chi connectivity index (χ0v) is 8.52. The van der Waals surface area contributed by atoms with E-state index in [0.29, 0.717) is 24.0 Å². The van der Waals surface area contributed by atoms with Gasteiger partial charge in [-0.25, -0.2) is 0 Å². The maximum atomic E-state index is 8.81. The van der Waals surface area contributed by atoms with Crippen molar-refractivity contribution in [1.82, 2.24) is 10.2 Å². The number of aromatic nitrogens is 2. The Bertz CT molecular complexity index is 366. The van der Waals surface area contributed by atoms with Crippen molar-refractivity contribution in [2.24, 2.45) is 5.92 Å². The summed E-state index contributed by atoms with van der Waals surface area (Å²) in [5.74, 6) is 0.991. The van der Waals surface area contributed by atoms with Crippen molar-refractivity contribution >= 4 is 0 Å². The van der Waals surface area contributed by atoms with Crippen molar-refractivity contribution < 1.29 is 4.74 Å². The molecule has 78 valence electrons. The highest BCUT2D eigenvalue weighted by Gasteiger charge is 2.16. The number of nitrogens with zero attached hydrogens (tertiary/aromatic N) is 3. The first-order valence-corrected chi connectivity index (χ1v) is 5.24. The molecule has 0 N–H and O–H groups in total. The van der Waals surface area contributed by atoms with Gasteiger partial charge in [-0.3, -0.25) is 0 Å². The SMILES string of the molecule is N#Cc1ccnnc1OCC1CCCC1. The zero-order valence-electron chi connectivity index (χ0n) is 8.52. The Kier molecular flexibility index (Phi) is 3.13. The second-order valence-electron chi connectivity index (χ2n) is 3.82. The third kappa shape index (κ3) is 2.44. The highest BCUT2D eigenvalue weighted by Crippen LogP contribution is 2.25. The molecular formula is C11H13N3O. The van der Waals surface area contributed by atoms with Gasteiger partial charge in [0.15, 0.2) is 0 Å². The molecule has 0 aliphatic heterocycles. The highest BCUT2D eigenvalue weighted by molar-refractivity contribution is 5.35. The Morgan fingerprint density at radius 1 is 1.47 bits per heavy atom. The maximum Gasteiger partial charge on any atom is 0.251 e. The van der Waals surface area contributed by atoms with Crippen LogP contribution in [0.5, 0.6) is 5.88 Å². The molecule has 0 saturated heterocycles. The second-order valence-corrected chi connectivity index (χ2v) is 3.82. The molecule has 2 rings (SSSR count). The summed E-state index contributed by atoms with van der Waals surface area (Å²) in [6.07, 6.45) is 6.53. The monoisotopic (exact) mass is 203 g/mol. The standard InChI is InChI=1S/C11H13N3O/c12-7-10-5-6-13-14-11(10)15-8-9-3-1-2-4-9/h5-6,9H,1-4,8H2. The van der Waals surface area contributed by atoms with Crippen LogP contribution in [0.3, 0.4) is 0 Å². The minimum absolute atomic E-state index is 0.367. The molecule has 15 heavy (non-hydrogen) atoms. The van der Waals surface area contributed by atoms with E-state index in [1.165, 1.54) is 31.9 Å². The second kappa shape index (κ2) is 4.74. The van der Waals surface area contributed by atoms with Crippen LogP contribution in [0.4, 0.5) is 0 Å². The molecule has 0 spiro atoms. The van der Waals surface area contributed by atoms with Crippen LogP contribution in [0.25, 0.3) is 0 Å². The van der Waals surface area contributed by atoms with E-state index in [2.05, 4.69) is 10.2 Å². The number of ether oxygens (including phenoxy) is 1. The molecule has 1 aliphatic rings. The predicted molar refractivity (Wildman–Crippen MR) is 54.2 cm³/mol. The molecule has 0 atom stereocenters. The molecule has 1 saturated carbocycles. The summed E-state index contributed by atoms with van der Waals surface area (Å²) in [7, 11) is 0. The van der Waals surface area contributed by atoms with Crippen molar-refractivity contribution in [2.45, 2.75) is 25.7 Å². The summed E-state index contributed by atoms with van der Waals surface area (Å²) in [5.41, 5.74) is 0.461. The van der Waals surface area contributed by atoms with Crippen LogP contribution in [-0.4, -0.2) is 16.8 Å². The third-order valence-electron chi connectivity index (χ3n) is 2.74. The smallest absolute Gasteiger partial charge is 0.251 e. The Morgan fingerprint density at radius 2 is 2.27 bits per heavy atom. The van der Waals surface area contributed by atoms with E-state index in [4.69, 9.17) is 10.00 Å². The molecule has 0 bridgehead atoms. The molecule has 1 aliphatic carbocycles.